The summed E-state index contributed by atoms with van der Waals surface area (Å²) in [7, 11) is 2.28. The van der Waals surface area contributed by atoms with Crippen molar-refractivity contribution in [2.24, 2.45) is 0 Å². The summed E-state index contributed by atoms with van der Waals surface area (Å²) >= 11 is 0. The highest BCUT2D eigenvalue weighted by atomic mass is 15.1. The van der Waals surface area contributed by atoms with E-state index in [0.29, 0.717) is 11.8 Å². The first-order valence-corrected chi connectivity index (χ1v) is 9.56. The molecule has 1 aromatic heterocycles. The molecule has 5 rings (SSSR count). The lowest BCUT2D eigenvalue weighted by Gasteiger charge is -2.32. The van der Waals surface area contributed by atoms with Crippen LogP contribution >= 0.6 is 0 Å². The van der Waals surface area contributed by atoms with Gasteiger partial charge in [0.1, 0.15) is 0 Å². The number of benzene rings is 2. The molecule has 2 heteroatoms. The highest BCUT2D eigenvalue weighted by molar-refractivity contribution is 5.87. The predicted octanol–water partition coefficient (Wildman–Crippen LogP) is 5.06. The Balaban J connectivity index is 1.65. The van der Waals surface area contributed by atoms with Gasteiger partial charge in [0.15, 0.2) is 0 Å². The molecule has 0 radical (unpaired) electrons. The number of fused-ring (bicyclic) bond motifs is 3. The van der Waals surface area contributed by atoms with Gasteiger partial charge in [-0.15, -0.1) is 0 Å². The van der Waals surface area contributed by atoms with Crippen LogP contribution in [-0.2, 0) is 13.1 Å². The number of nitrogens with zero attached hydrogens (tertiary/aromatic N) is 2. The van der Waals surface area contributed by atoms with Crippen molar-refractivity contribution in [2.45, 2.75) is 44.7 Å². The van der Waals surface area contributed by atoms with Crippen molar-refractivity contribution in [2.75, 3.05) is 13.6 Å². The van der Waals surface area contributed by atoms with Gasteiger partial charge in [0, 0.05) is 42.1 Å². The molecular formula is C23H26N2. The van der Waals surface area contributed by atoms with Crippen LogP contribution in [0.15, 0.2) is 48.5 Å². The Morgan fingerprint density at radius 1 is 1.00 bits per heavy atom. The Labute approximate surface area is 150 Å². The second-order valence-corrected chi connectivity index (χ2v) is 8.06. The average Bonchev–Trinajstić information content (AvgIpc) is 2.79. The highest BCUT2D eigenvalue weighted by Crippen LogP contribution is 2.44. The summed E-state index contributed by atoms with van der Waals surface area (Å²) < 4.78 is 2.66. The van der Waals surface area contributed by atoms with E-state index in [1.807, 2.05) is 0 Å². The van der Waals surface area contributed by atoms with Crippen LogP contribution in [0.3, 0.4) is 0 Å². The lowest BCUT2D eigenvalue weighted by molar-refractivity contribution is 0.268. The standard InChI is InChI=1S/C23H26N2/c1-16-8-9-22-20(12-16)21-15-24(2)14-19-13-18(10-11-25(22)23(19)21)17-6-4-3-5-7-17/h3-9,12,18-19H,10-11,13-15H2,1-2H3. The van der Waals surface area contributed by atoms with Crippen LogP contribution in [0.5, 0.6) is 0 Å². The van der Waals surface area contributed by atoms with Crippen molar-refractivity contribution in [3.63, 3.8) is 0 Å². The monoisotopic (exact) mass is 330 g/mol. The van der Waals surface area contributed by atoms with Crippen LogP contribution in [0.1, 0.15) is 47.1 Å². The minimum absolute atomic E-state index is 0.647. The third kappa shape index (κ3) is 2.43. The maximum absolute atomic E-state index is 2.66. The van der Waals surface area contributed by atoms with E-state index in [2.05, 4.69) is 72.0 Å². The van der Waals surface area contributed by atoms with E-state index in [9.17, 15) is 0 Å². The molecular weight excluding hydrogens is 304 g/mol. The van der Waals surface area contributed by atoms with Gasteiger partial charge in [-0.05, 0) is 56.0 Å². The third-order valence-electron chi connectivity index (χ3n) is 6.26. The van der Waals surface area contributed by atoms with Crippen LogP contribution in [0.4, 0.5) is 0 Å². The fourth-order valence-electron chi connectivity index (χ4n) is 5.19. The maximum Gasteiger partial charge on any atom is 0.0486 e. The Morgan fingerprint density at radius 2 is 1.84 bits per heavy atom. The Kier molecular flexibility index (Phi) is 3.49. The van der Waals surface area contributed by atoms with Crippen molar-refractivity contribution >= 4 is 10.9 Å². The van der Waals surface area contributed by atoms with E-state index in [4.69, 9.17) is 0 Å². The van der Waals surface area contributed by atoms with Gasteiger partial charge < -0.3 is 9.47 Å². The molecule has 0 saturated heterocycles. The highest BCUT2D eigenvalue weighted by Gasteiger charge is 2.34. The number of likely N-dealkylation sites (N-methyl/N-ethyl adjacent to an activating group) is 1. The first kappa shape index (κ1) is 15.2. The lowest BCUT2D eigenvalue weighted by Crippen LogP contribution is -2.31. The fraction of sp³-hybridized carbons (Fsp3) is 0.391. The van der Waals surface area contributed by atoms with Gasteiger partial charge in [0.05, 0.1) is 0 Å². The second kappa shape index (κ2) is 5.74. The topological polar surface area (TPSA) is 8.17 Å². The van der Waals surface area contributed by atoms with Crippen molar-refractivity contribution in [3.05, 3.63) is 70.9 Å². The van der Waals surface area contributed by atoms with Gasteiger partial charge in [0.25, 0.3) is 0 Å². The first-order chi connectivity index (χ1) is 12.2. The fourth-order valence-corrected chi connectivity index (χ4v) is 5.19. The summed E-state index contributed by atoms with van der Waals surface area (Å²) in [6, 6.07) is 18.2. The predicted molar refractivity (Wildman–Crippen MR) is 104 cm³/mol. The number of aromatic nitrogens is 1. The van der Waals surface area contributed by atoms with E-state index < -0.39 is 0 Å². The summed E-state index contributed by atoms with van der Waals surface area (Å²) in [5, 5.41) is 1.49. The summed E-state index contributed by atoms with van der Waals surface area (Å²) in [4.78, 5) is 2.52. The smallest absolute Gasteiger partial charge is 0.0486 e. The molecule has 25 heavy (non-hydrogen) atoms. The van der Waals surface area contributed by atoms with E-state index in [-0.39, 0.29) is 0 Å². The van der Waals surface area contributed by atoms with Crippen molar-refractivity contribution in [1.29, 1.82) is 0 Å². The molecule has 3 heterocycles. The number of hydrogen-bond donors (Lipinski definition) is 0. The van der Waals surface area contributed by atoms with Gasteiger partial charge >= 0.3 is 0 Å². The molecule has 0 saturated carbocycles. The van der Waals surface area contributed by atoms with E-state index in [1.54, 1.807) is 11.3 Å². The zero-order valence-corrected chi connectivity index (χ0v) is 15.2. The normalized spacial score (nSPS) is 23.4. The molecule has 2 aromatic carbocycles. The van der Waals surface area contributed by atoms with Gasteiger partial charge in [-0.3, -0.25) is 0 Å². The van der Waals surface area contributed by atoms with Crippen molar-refractivity contribution in [3.8, 4) is 0 Å². The van der Waals surface area contributed by atoms with Crippen molar-refractivity contribution < 1.29 is 0 Å². The lowest BCUT2D eigenvalue weighted by atomic mass is 9.83. The Bertz CT molecular complexity index is 922. The average molecular weight is 330 g/mol. The third-order valence-corrected chi connectivity index (χ3v) is 6.26. The molecule has 0 amide bonds. The summed E-state index contributed by atoms with van der Waals surface area (Å²) in [6.07, 6.45) is 2.52. The van der Waals surface area contributed by atoms with Crippen LogP contribution < -0.4 is 0 Å². The number of rotatable bonds is 1. The summed E-state index contributed by atoms with van der Waals surface area (Å²) in [6.45, 7) is 5.64. The molecule has 2 unspecified atom stereocenters. The van der Waals surface area contributed by atoms with Crippen LogP contribution in [-0.4, -0.2) is 23.1 Å². The minimum atomic E-state index is 0.647. The molecule has 0 bridgehead atoms. The SMILES string of the molecule is Cc1ccc2c(c1)c1c3n2CCC(c2ccccc2)CC3CN(C)C1. The maximum atomic E-state index is 2.66. The summed E-state index contributed by atoms with van der Waals surface area (Å²) in [5.74, 6) is 1.32. The van der Waals surface area contributed by atoms with Crippen LogP contribution in [0.25, 0.3) is 10.9 Å². The number of aryl methyl sites for hydroxylation is 2. The quantitative estimate of drug-likeness (QED) is 0.606. The van der Waals surface area contributed by atoms with E-state index in [1.165, 1.54) is 41.4 Å². The van der Waals surface area contributed by atoms with Crippen LogP contribution in [0, 0.1) is 6.92 Å². The van der Waals surface area contributed by atoms with Gasteiger partial charge in [-0.25, -0.2) is 0 Å². The van der Waals surface area contributed by atoms with Crippen LogP contribution in [0.2, 0.25) is 0 Å². The molecule has 0 N–H and O–H groups in total. The van der Waals surface area contributed by atoms with Gasteiger partial charge in [-0.1, -0.05) is 42.0 Å². The Hall–Kier alpha value is -2.06. The molecule has 2 aliphatic heterocycles. The summed E-state index contributed by atoms with van der Waals surface area (Å²) in [5.41, 5.74) is 7.56. The number of hydrogen-bond acceptors (Lipinski definition) is 1. The minimum Gasteiger partial charge on any atom is -0.344 e. The Morgan fingerprint density at radius 3 is 2.68 bits per heavy atom. The van der Waals surface area contributed by atoms with E-state index >= 15 is 0 Å². The zero-order valence-electron chi connectivity index (χ0n) is 15.2. The van der Waals surface area contributed by atoms with Gasteiger partial charge in [0.2, 0.25) is 0 Å². The molecule has 3 aromatic rings. The first-order valence-electron chi connectivity index (χ1n) is 9.56. The van der Waals surface area contributed by atoms with Crippen molar-refractivity contribution in [1.82, 2.24) is 9.47 Å². The largest absolute Gasteiger partial charge is 0.344 e. The molecule has 2 atom stereocenters. The molecule has 128 valence electrons. The molecule has 0 fully saturated rings. The molecule has 0 aliphatic carbocycles. The van der Waals surface area contributed by atoms with Gasteiger partial charge in [-0.2, -0.15) is 0 Å². The zero-order chi connectivity index (χ0) is 17.0. The molecule has 2 nitrogen and oxygen atoms in total. The van der Waals surface area contributed by atoms with E-state index in [0.717, 1.165) is 13.1 Å². The molecule has 2 aliphatic rings. The molecule has 0 spiro atoms. The second-order valence-electron chi connectivity index (χ2n) is 8.06.